The molecular formula is C13H7F3N6O4S2. The number of hydrogen-bond donors (Lipinski definition) is 1. The van der Waals surface area contributed by atoms with E-state index < -0.39 is 22.0 Å². The van der Waals surface area contributed by atoms with Crippen LogP contribution in [0.15, 0.2) is 33.9 Å². The van der Waals surface area contributed by atoms with E-state index in [1.807, 2.05) is 0 Å². The molecule has 0 spiro atoms. The number of thioether (sulfide) groups is 1. The Morgan fingerprint density at radius 1 is 1.29 bits per heavy atom. The summed E-state index contributed by atoms with van der Waals surface area (Å²) in [4.78, 5) is 22.0. The highest BCUT2D eigenvalue weighted by molar-refractivity contribution is 7.99. The number of non-ortho nitro benzene ring substituents is 1. The second-order valence-corrected chi connectivity index (χ2v) is 6.83. The van der Waals surface area contributed by atoms with Crippen LogP contribution in [-0.4, -0.2) is 37.0 Å². The first-order valence-electron chi connectivity index (χ1n) is 7.14. The molecule has 3 rings (SSSR count). The predicted molar refractivity (Wildman–Crippen MR) is 90.7 cm³/mol. The lowest BCUT2D eigenvalue weighted by Crippen LogP contribution is -2.13. The quantitative estimate of drug-likeness (QED) is 0.353. The first kappa shape index (κ1) is 19.7. The molecule has 28 heavy (non-hydrogen) atoms. The van der Waals surface area contributed by atoms with E-state index in [-0.39, 0.29) is 39.0 Å². The minimum absolute atomic E-state index is 0.00454. The maximum absolute atomic E-state index is 12.4. The summed E-state index contributed by atoms with van der Waals surface area (Å²) in [5.41, 5.74) is 0.172. The molecule has 0 atom stereocenters. The standard InChI is InChI=1S/C13H7F3N6O4S2/c14-13(15,16)10-19-20-11(28-10)17-8(23)5-27-12-21-18-9(26-12)6-2-1-3-7(4-6)22(24)25/h1-4H,5H2,(H,17,20,23). The number of benzene rings is 1. The summed E-state index contributed by atoms with van der Waals surface area (Å²) in [7, 11) is 0. The lowest BCUT2D eigenvalue weighted by molar-refractivity contribution is -0.384. The molecule has 146 valence electrons. The van der Waals surface area contributed by atoms with Crippen LogP contribution in [0.4, 0.5) is 24.0 Å². The van der Waals surface area contributed by atoms with Gasteiger partial charge in [0.2, 0.25) is 21.9 Å². The fourth-order valence-electron chi connectivity index (χ4n) is 1.81. The molecule has 0 bridgehead atoms. The van der Waals surface area contributed by atoms with Crippen molar-refractivity contribution < 1.29 is 27.3 Å². The van der Waals surface area contributed by atoms with E-state index in [1.165, 1.54) is 24.3 Å². The van der Waals surface area contributed by atoms with Crippen LogP contribution in [0.25, 0.3) is 11.5 Å². The van der Waals surface area contributed by atoms with E-state index in [4.69, 9.17) is 4.42 Å². The molecule has 0 unspecified atom stereocenters. The molecule has 0 radical (unpaired) electrons. The molecular weight excluding hydrogens is 425 g/mol. The highest BCUT2D eigenvalue weighted by Gasteiger charge is 2.35. The number of carbonyl (C=O) groups is 1. The molecule has 0 saturated carbocycles. The highest BCUT2D eigenvalue weighted by atomic mass is 32.2. The fraction of sp³-hybridized carbons (Fsp3) is 0.154. The maximum Gasteiger partial charge on any atom is 0.445 e. The van der Waals surface area contributed by atoms with Gasteiger partial charge in [-0.2, -0.15) is 13.2 Å². The number of carbonyl (C=O) groups excluding carboxylic acids is 1. The van der Waals surface area contributed by atoms with Crippen molar-refractivity contribution >= 4 is 39.8 Å². The van der Waals surface area contributed by atoms with Gasteiger partial charge in [0.15, 0.2) is 0 Å². The van der Waals surface area contributed by atoms with Crippen molar-refractivity contribution in [3.63, 3.8) is 0 Å². The molecule has 3 aromatic rings. The van der Waals surface area contributed by atoms with E-state index in [1.54, 1.807) is 0 Å². The average Bonchev–Trinajstić information content (AvgIpc) is 3.29. The number of nitrogens with zero attached hydrogens (tertiary/aromatic N) is 5. The van der Waals surface area contributed by atoms with Gasteiger partial charge < -0.3 is 4.42 Å². The topological polar surface area (TPSA) is 137 Å². The van der Waals surface area contributed by atoms with Crippen LogP contribution in [0.5, 0.6) is 0 Å². The van der Waals surface area contributed by atoms with E-state index in [2.05, 4.69) is 25.7 Å². The van der Waals surface area contributed by atoms with Crippen LogP contribution in [0.1, 0.15) is 5.01 Å². The lowest BCUT2D eigenvalue weighted by atomic mass is 10.2. The normalized spacial score (nSPS) is 11.4. The van der Waals surface area contributed by atoms with Crippen LogP contribution in [0.2, 0.25) is 0 Å². The maximum atomic E-state index is 12.4. The molecule has 0 saturated heterocycles. The van der Waals surface area contributed by atoms with Crippen molar-refractivity contribution in [3.8, 4) is 11.5 Å². The number of nitrogens with one attached hydrogen (secondary N) is 1. The Morgan fingerprint density at radius 3 is 2.75 bits per heavy atom. The van der Waals surface area contributed by atoms with Gasteiger partial charge in [-0.1, -0.05) is 29.2 Å². The number of halogens is 3. The van der Waals surface area contributed by atoms with Gasteiger partial charge in [-0.3, -0.25) is 20.2 Å². The lowest BCUT2D eigenvalue weighted by Gasteiger charge is -1.99. The van der Waals surface area contributed by atoms with Crippen LogP contribution in [-0.2, 0) is 11.0 Å². The highest BCUT2D eigenvalue weighted by Crippen LogP contribution is 2.33. The van der Waals surface area contributed by atoms with E-state index in [0.29, 0.717) is 5.56 Å². The fourth-order valence-corrected chi connectivity index (χ4v) is 3.00. The van der Waals surface area contributed by atoms with E-state index in [9.17, 15) is 28.1 Å². The van der Waals surface area contributed by atoms with Crippen LogP contribution in [0, 0.1) is 10.1 Å². The molecule has 15 heteroatoms. The summed E-state index contributed by atoms with van der Waals surface area (Å²) >= 11 is 1.03. The molecule has 1 amide bonds. The number of alkyl halides is 3. The second-order valence-electron chi connectivity index (χ2n) is 4.93. The SMILES string of the molecule is O=C(CSc1nnc(-c2cccc([N+](=O)[O-])c2)o1)Nc1nnc(C(F)(F)F)s1. The largest absolute Gasteiger partial charge is 0.445 e. The molecule has 0 aliphatic rings. The van der Waals surface area contributed by atoms with Gasteiger partial charge in [0.05, 0.1) is 10.7 Å². The Labute approximate surface area is 161 Å². The third-order valence-electron chi connectivity index (χ3n) is 2.95. The minimum Gasteiger partial charge on any atom is -0.411 e. The first-order valence-corrected chi connectivity index (χ1v) is 8.94. The van der Waals surface area contributed by atoms with Gasteiger partial charge in [-0.05, 0) is 6.07 Å². The Kier molecular flexibility index (Phi) is 5.55. The summed E-state index contributed by atoms with van der Waals surface area (Å²) in [5.74, 6) is -0.868. The third-order valence-corrected chi connectivity index (χ3v) is 4.65. The molecule has 10 nitrogen and oxygen atoms in total. The Morgan fingerprint density at radius 2 is 2.07 bits per heavy atom. The van der Waals surface area contributed by atoms with E-state index in [0.717, 1.165) is 11.8 Å². The number of hydrogen-bond acceptors (Lipinski definition) is 10. The van der Waals surface area contributed by atoms with Gasteiger partial charge in [0, 0.05) is 17.7 Å². The number of rotatable bonds is 6. The monoisotopic (exact) mass is 432 g/mol. The van der Waals surface area contributed by atoms with Gasteiger partial charge in [0.1, 0.15) is 0 Å². The smallest absolute Gasteiger partial charge is 0.411 e. The summed E-state index contributed by atoms with van der Waals surface area (Å²) < 4.78 is 42.7. The summed E-state index contributed by atoms with van der Waals surface area (Å²) in [6, 6.07) is 5.55. The number of amides is 1. The van der Waals surface area contributed by atoms with Gasteiger partial charge >= 0.3 is 6.18 Å². The minimum atomic E-state index is -4.64. The van der Waals surface area contributed by atoms with Crippen molar-refractivity contribution in [3.05, 3.63) is 39.4 Å². The second kappa shape index (κ2) is 7.89. The van der Waals surface area contributed by atoms with Gasteiger partial charge in [-0.15, -0.1) is 20.4 Å². The van der Waals surface area contributed by atoms with Crippen molar-refractivity contribution in [2.24, 2.45) is 0 Å². The summed E-state index contributed by atoms with van der Waals surface area (Å²) in [6.07, 6.45) is -4.64. The number of nitro groups is 1. The van der Waals surface area contributed by atoms with Crippen LogP contribution in [0.3, 0.4) is 0 Å². The third kappa shape index (κ3) is 4.80. The summed E-state index contributed by atoms with van der Waals surface area (Å²) in [6.45, 7) is 0. The zero-order chi connectivity index (χ0) is 20.3. The molecule has 2 aromatic heterocycles. The number of nitro benzene ring substituents is 1. The molecule has 2 heterocycles. The summed E-state index contributed by atoms with van der Waals surface area (Å²) in [5, 5.41) is 25.2. The van der Waals surface area contributed by atoms with Crippen LogP contribution >= 0.6 is 23.1 Å². The van der Waals surface area contributed by atoms with Crippen molar-refractivity contribution in [2.45, 2.75) is 11.4 Å². The molecule has 1 aromatic carbocycles. The Balaban J connectivity index is 1.58. The van der Waals surface area contributed by atoms with Gasteiger partial charge in [0.25, 0.3) is 10.9 Å². The molecule has 0 aliphatic carbocycles. The van der Waals surface area contributed by atoms with Crippen molar-refractivity contribution in [1.82, 2.24) is 20.4 Å². The average molecular weight is 432 g/mol. The molecule has 0 fully saturated rings. The first-order chi connectivity index (χ1) is 13.2. The van der Waals surface area contributed by atoms with Crippen LogP contribution < -0.4 is 5.32 Å². The van der Waals surface area contributed by atoms with Gasteiger partial charge in [-0.25, -0.2) is 0 Å². The van der Waals surface area contributed by atoms with Crippen molar-refractivity contribution in [1.29, 1.82) is 0 Å². The predicted octanol–water partition coefficient (Wildman–Crippen LogP) is 3.25. The molecule has 0 aliphatic heterocycles. The number of aromatic nitrogens is 4. The Hall–Kier alpha value is -3.07. The van der Waals surface area contributed by atoms with E-state index >= 15 is 0 Å². The zero-order valence-corrected chi connectivity index (χ0v) is 15.0. The Bertz CT molecular complexity index is 1020. The number of anilines is 1. The zero-order valence-electron chi connectivity index (χ0n) is 13.3. The molecule has 1 N–H and O–H groups in total. The van der Waals surface area contributed by atoms with Crippen molar-refractivity contribution in [2.75, 3.05) is 11.1 Å².